The second kappa shape index (κ2) is 9.59. The Bertz CT molecular complexity index is 706. The van der Waals surface area contributed by atoms with Gasteiger partial charge in [0.1, 0.15) is 11.5 Å². The molecule has 4 nitrogen and oxygen atoms in total. The summed E-state index contributed by atoms with van der Waals surface area (Å²) < 4.78 is 10.6. The Morgan fingerprint density at radius 1 is 1.16 bits per heavy atom. The summed E-state index contributed by atoms with van der Waals surface area (Å²) in [6, 6.07) is 13.0. The molecule has 2 rings (SSSR count). The highest BCUT2D eigenvalue weighted by atomic mass is 35.5. The number of thioether (sulfide) groups is 1. The summed E-state index contributed by atoms with van der Waals surface area (Å²) in [6.07, 6.45) is 0. The number of amides is 1. The molecule has 2 aromatic carbocycles. The van der Waals surface area contributed by atoms with Crippen molar-refractivity contribution in [2.24, 2.45) is 0 Å². The standard InChI is InChI=1S/C19H22ClNO3S/c1-13(17-10-16(23-2)8-9-18(17)24-3)21-19(22)12-25-11-14-4-6-15(20)7-5-14/h4-10,13H,11-12H2,1-3H3,(H,21,22)/t13-/m1/s1. The van der Waals surface area contributed by atoms with Gasteiger partial charge >= 0.3 is 0 Å². The van der Waals surface area contributed by atoms with Crippen molar-refractivity contribution in [2.75, 3.05) is 20.0 Å². The Labute approximate surface area is 157 Å². The lowest BCUT2D eigenvalue weighted by atomic mass is 10.1. The van der Waals surface area contributed by atoms with Gasteiger partial charge in [0, 0.05) is 16.3 Å². The van der Waals surface area contributed by atoms with E-state index in [0.29, 0.717) is 10.8 Å². The molecule has 0 bridgehead atoms. The van der Waals surface area contributed by atoms with Crippen molar-refractivity contribution < 1.29 is 14.3 Å². The average Bonchev–Trinajstić information content (AvgIpc) is 2.62. The van der Waals surface area contributed by atoms with E-state index in [1.807, 2.05) is 49.4 Å². The molecule has 0 aliphatic rings. The van der Waals surface area contributed by atoms with E-state index in [4.69, 9.17) is 21.1 Å². The van der Waals surface area contributed by atoms with Gasteiger partial charge in [0.05, 0.1) is 26.0 Å². The van der Waals surface area contributed by atoms with Crippen LogP contribution < -0.4 is 14.8 Å². The number of halogens is 1. The third kappa shape index (κ3) is 5.87. The van der Waals surface area contributed by atoms with Gasteiger partial charge in [0.15, 0.2) is 0 Å². The van der Waals surface area contributed by atoms with Crippen LogP contribution in [0.1, 0.15) is 24.1 Å². The number of carbonyl (C=O) groups excluding carboxylic acids is 1. The number of nitrogens with one attached hydrogen (secondary N) is 1. The summed E-state index contributed by atoms with van der Waals surface area (Å²) in [5, 5.41) is 3.72. The van der Waals surface area contributed by atoms with Gasteiger partial charge in [0.25, 0.3) is 0 Å². The SMILES string of the molecule is COc1ccc(OC)c([C@@H](C)NC(=O)CSCc2ccc(Cl)cc2)c1. The van der Waals surface area contributed by atoms with Gasteiger partial charge in [-0.05, 0) is 42.8 Å². The Morgan fingerprint density at radius 2 is 1.88 bits per heavy atom. The fourth-order valence-corrected chi connectivity index (χ4v) is 3.31. The van der Waals surface area contributed by atoms with E-state index in [-0.39, 0.29) is 11.9 Å². The molecular weight excluding hydrogens is 358 g/mol. The van der Waals surface area contributed by atoms with Crippen molar-refractivity contribution in [1.29, 1.82) is 0 Å². The number of methoxy groups -OCH3 is 2. The average molecular weight is 380 g/mol. The van der Waals surface area contributed by atoms with E-state index < -0.39 is 0 Å². The molecule has 134 valence electrons. The molecule has 0 heterocycles. The highest BCUT2D eigenvalue weighted by Crippen LogP contribution is 2.29. The number of ether oxygens (including phenoxy) is 2. The predicted octanol–water partition coefficient (Wildman–Crippen LogP) is 4.47. The zero-order valence-electron chi connectivity index (χ0n) is 14.5. The van der Waals surface area contributed by atoms with E-state index >= 15 is 0 Å². The topological polar surface area (TPSA) is 47.6 Å². The van der Waals surface area contributed by atoms with Gasteiger partial charge in [0.2, 0.25) is 5.91 Å². The molecule has 1 amide bonds. The Hall–Kier alpha value is -1.85. The molecule has 0 radical (unpaired) electrons. The van der Waals surface area contributed by atoms with Crippen LogP contribution in [-0.4, -0.2) is 25.9 Å². The Balaban J connectivity index is 1.88. The van der Waals surface area contributed by atoms with Crippen molar-refractivity contribution >= 4 is 29.3 Å². The van der Waals surface area contributed by atoms with Crippen molar-refractivity contribution in [2.45, 2.75) is 18.7 Å². The lowest BCUT2D eigenvalue weighted by Crippen LogP contribution is -2.28. The molecule has 0 unspecified atom stereocenters. The zero-order valence-corrected chi connectivity index (χ0v) is 16.1. The van der Waals surface area contributed by atoms with Crippen molar-refractivity contribution in [3.8, 4) is 11.5 Å². The van der Waals surface area contributed by atoms with Crippen LogP contribution in [0.25, 0.3) is 0 Å². The molecule has 1 atom stereocenters. The molecular formula is C19H22ClNO3S. The predicted molar refractivity (Wildman–Crippen MR) is 104 cm³/mol. The highest BCUT2D eigenvalue weighted by molar-refractivity contribution is 7.99. The molecule has 0 aliphatic carbocycles. The lowest BCUT2D eigenvalue weighted by molar-refractivity contribution is -0.119. The maximum atomic E-state index is 12.2. The first kappa shape index (κ1) is 19.5. The van der Waals surface area contributed by atoms with Crippen LogP contribution in [0.3, 0.4) is 0 Å². The van der Waals surface area contributed by atoms with E-state index in [0.717, 1.165) is 28.4 Å². The Morgan fingerprint density at radius 3 is 2.52 bits per heavy atom. The summed E-state index contributed by atoms with van der Waals surface area (Å²) in [6.45, 7) is 1.93. The van der Waals surface area contributed by atoms with Gasteiger partial charge in [-0.15, -0.1) is 11.8 Å². The van der Waals surface area contributed by atoms with Crippen LogP contribution in [0.5, 0.6) is 11.5 Å². The van der Waals surface area contributed by atoms with E-state index in [1.165, 1.54) is 0 Å². The number of benzene rings is 2. The zero-order chi connectivity index (χ0) is 18.2. The fraction of sp³-hybridized carbons (Fsp3) is 0.316. The van der Waals surface area contributed by atoms with Gasteiger partial charge in [-0.1, -0.05) is 23.7 Å². The minimum absolute atomic E-state index is 0.0173. The number of carbonyl (C=O) groups is 1. The van der Waals surface area contributed by atoms with E-state index in [9.17, 15) is 4.79 Å². The Kier molecular flexibility index (Phi) is 7.47. The normalized spacial score (nSPS) is 11.7. The molecule has 1 N–H and O–H groups in total. The molecule has 0 saturated carbocycles. The molecule has 2 aromatic rings. The minimum atomic E-state index is -0.173. The van der Waals surface area contributed by atoms with Crippen LogP contribution in [-0.2, 0) is 10.5 Å². The molecule has 6 heteroatoms. The number of rotatable bonds is 8. The van der Waals surface area contributed by atoms with Crippen LogP contribution in [0.15, 0.2) is 42.5 Å². The molecule has 0 fully saturated rings. The summed E-state index contributed by atoms with van der Waals surface area (Å²) in [5.41, 5.74) is 2.03. The van der Waals surface area contributed by atoms with Crippen LogP contribution in [0.2, 0.25) is 5.02 Å². The summed E-state index contributed by atoms with van der Waals surface area (Å²) in [7, 11) is 3.23. The largest absolute Gasteiger partial charge is 0.497 e. The first-order valence-electron chi connectivity index (χ1n) is 7.87. The lowest BCUT2D eigenvalue weighted by Gasteiger charge is -2.18. The van der Waals surface area contributed by atoms with Gasteiger partial charge in [-0.2, -0.15) is 0 Å². The second-order valence-electron chi connectivity index (χ2n) is 5.52. The summed E-state index contributed by atoms with van der Waals surface area (Å²) in [4.78, 5) is 12.2. The quantitative estimate of drug-likeness (QED) is 0.735. The minimum Gasteiger partial charge on any atom is -0.497 e. The second-order valence-corrected chi connectivity index (χ2v) is 6.94. The van der Waals surface area contributed by atoms with E-state index in [1.54, 1.807) is 26.0 Å². The van der Waals surface area contributed by atoms with E-state index in [2.05, 4.69) is 5.32 Å². The van der Waals surface area contributed by atoms with Gasteiger partial charge in [-0.25, -0.2) is 0 Å². The van der Waals surface area contributed by atoms with Crippen LogP contribution in [0.4, 0.5) is 0 Å². The first-order chi connectivity index (χ1) is 12.0. The third-order valence-corrected chi connectivity index (χ3v) is 4.95. The maximum Gasteiger partial charge on any atom is 0.230 e. The number of hydrogen-bond acceptors (Lipinski definition) is 4. The smallest absolute Gasteiger partial charge is 0.230 e. The summed E-state index contributed by atoms with van der Waals surface area (Å²) >= 11 is 7.43. The van der Waals surface area contributed by atoms with Crippen molar-refractivity contribution in [3.63, 3.8) is 0 Å². The molecule has 0 spiro atoms. The van der Waals surface area contributed by atoms with Crippen LogP contribution in [0, 0.1) is 0 Å². The first-order valence-corrected chi connectivity index (χ1v) is 9.40. The molecule has 25 heavy (non-hydrogen) atoms. The molecule has 0 aromatic heterocycles. The van der Waals surface area contributed by atoms with Crippen molar-refractivity contribution in [3.05, 3.63) is 58.6 Å². The van der Waals surface area contributed by atoms with Crippen molar-refractivity contribution in [1.82, 2.24) is 5.32 Å². The van der Waals surface area contributed by atoms with Gasteiger partial charge < -0.3 is 14.8 Å². The maximum absolute atomic E-state index is 12.2. The molecule has 0 aliphatic heterocycles. The molecule has 0 saturated heterocycles. The third-order valence-electron chi connectivity index (χ3n) is 3.70. The number of hydrogen-bond donors (Lipinski definition) is 1. The monoisotopic (exact) mass is 379 g/mol. The van der Waals surface area contributed by atoms with Gasteiger partial charge in [-0.3, -0.25) is 4.79 Å². The van der Waals surface area contributed by atoms with Crippen LogP contribution >= 0.6 is 23.4 Å². The summed E-state index contributed by atoms with van der Waals surface area (Å²) in [5.74, 6) is 2.59. The highest BCUT2D eigenvalue weighted by Gasteiger charge is 2.15. The fourth-order valence-electron chi connectivity index (χ4n) is 2.38.